The second kappa shape index (κ2) is 10.00. The first-order chi connectivity index (χ1) is 14.9. The molecule has 0 fully saturated rings. The molecule has 0 spiro atoms. The molecule has 1 N–H and O–H groups in total. The topological polar surface area (TPSA) is 46.9 Å². The molecule has 0 aliphatic carbocycles. The average molecular weight is 440 g/mol. The van der Waals surface area contributed by atoms with Gasteiger partial charge in [-0.1, -0.05) is 36.4 Å². The highest BCUT2D eigenvalue weighted by Crippen LogP contribution is 2.19. The number of carbonyl (C=O) groups is 1. The summed E-state index contributed by atoms with van der Waals surface area (Å²) < 4.78 is 28.2. The molecule has 1 heterocycles. The van der Waals surface area contributed by atoms with E-state index in [0.717, 1.165) is 11.3 Å². The third-order valence-electron chi connectivity index (χ3n) is 4.39. The van der Waals surface area contributed by atoms with Crippen molar-refractivity contribution in [3.8, 4) is 5.69 Å². The van der Waals surface area contributed by atoms with E-state index in [1.165, 1.54) is 30.4 Å². The van der Waals surface area contributed by atoms with Gasteiger partial charge in [-0.3, -0.25) is 4.79 Å². The second-order valence-electron chi connectivity index (χ2n) is 6.68. The third-order valence-corrected chi connectivity index (χ3v) is 4.64. The highest BCUT2D eigenvalue weighted by molar-refractivity contribution is 6.30. The Labute approximate surface area is 184 Å². The maximum atomic E-state index is 13.2. The number of imidazole rings is 1. The van der Waals surface area contributed by atoms with Gasteiger partial charge in [-0.05, 0) is 61.0 Å². The quantitative estimate of drug-likeness (QED) is 0.464. The predicted octanol–water partition coefficient (Wildman–Crippen LogP) is 5.93. The summed E-state index contributed by atoms with van der Waals surface area (Å²) in [4.78, 5) is 17.1. The lowest BCUT2D eigenvalue weighted by Crippen LogP contribution is -2.21. The Balaban J connectivity index is 1.89. The Hall–Kier alpha value is -3.51. The molecule has 2 aromatic carbocycles. The van der Waals surface area contributed by atoms with Crippen LogP contribution in [0.2, 0.25) is 5.02 Å². The van der Waals surface area contributed by atoms with Gasteiger partial charge in [0.15, 0.2) is 0 Å². The van der Waals surface area contributed by atoms with Crippen molar-refractivity contribution in [2.75, 3.05) is 0 Å². The van der Waals surface area contributed by atoms with Gasteiger partial charge in [0.2, 0.25) is 0 Å². The molecule has 0 saturated heterocycles. The fraction of sp³-hybridized carbons (Fsp3) is 0.0833. The zero-order valence-electron chi connectivity index (χ0n) is 16.8. The van der Waals surface area contributed by atoms with Gasteiger partial charge < -0.3 is 9.88 Å². The van der Waals surface area contributed by atoms with Crippen LogP contribution in [0, 0.1) is 5.82 Å². The van der Waals surface area contributed by atoms with Crippen molar-refractivity contribution in [2.45, 2.75) is 13.3 Å². The first-order valence-corrected chi connectivity index (χ1v) is 9.82. The monoisotopic (exact) mass is 439 g/mol. The largest absolute Gasteiger partial charge is 0.321 e. The smallest absolute Gasteiger partial charge is 0.275 e. The normalized spacial score (nSPS) is 11.7. The fourth-order valence-corrected chi connectivity index (χ4v) is 2.92. The number of nitrogens with one attached hydrogen (secondary N) is 1. The van der Waals surface area contributed by atoms with E-state index < -0.39 is 11.7 Å². The number of halogens is 3. The Kier molecular flexibility index (Phi) is 7.15. The lowest BCUT2D eigenvalue weighted by Gasteiger charge is -2.08. The molecular formula is C24H20ClF2N3O. The molecule has 4 nitrogen and oxygen atoms in total. The van der Waals surface area contributed by atoms with Gasteiger partial charge >= 0.3 is 0 Å². The Bertz CT molecular complexity index is 1150. The molecule has 1 aromatic heterocycles. The number of allylic oxidation sites excluding steroid dienone is 4. The van der Waals surface area contributed by atoms with Gasteiger partial charge in [0, 0.05) is 29.0 Å². The second-order valence-corrected chi connectivity index (χ2v) is 7.11. The van der Waals surface area contributed by atoms with E-state index in [1.807, 2.05) is 0 Å². The number of aromatic nitrogens is 2. The zero-order chi connectivity index (χ0) is 22.4. The molecule has 0 radical (unpaired) electrons. The number of amides is 1. The first kappa shape index (κ1) is 22.2. The van der Waals surface area contributed by atoms with E-state index >= 15 is 0 Å². The fourth-order valence-electron chi connectivity index (χ4n) is 2.79. The molecule has 1 amide bonds. The minimum Gasteiger partial charge on any atom is -0.321 e. The maximum Gasteiger partial charge on any atom is 0.275 e. The summed E-state index contributed by atoms with van der Waals surface area (Å²) in [5.41, 5.74) is 1.99. The molecule has 31 heavy (non-hydrogen) atoms. The molecule has 3 aromatic rings. The van der Waals surface area contributed by atoms with Gasteiger partial charge in [0.25, 0.3) is 5.91 Å². The van der Waals surface area contributed by atoms with Crippen molar-refractivity contribution in [1.82, 2.24) is 14.9 Å². The molecule has 0 atom stereocenters. The van der Waals surface area contributed by atoms with Crippen LogP contribution in [0.3, 0.4) is 0 Å². The van der Waals surface area contributed by atoms with Crippen LogP contribution in [0.15, 0.2) is 91.1 Å². The Morgan fingerprint density at radius 3 is 2.48 bits per heavy atom. The number of carbonyl (C=O) groups excluding carboxylic acids is 1. The van der Waals surface area contributed by atoms with E-state index in [4.69, 9.17) is 11.6 Å². The van der Waals surface area contributed by atoms with E-state index in [1.54, 1.807) is 54.1 Å². The summed E-state index contributed by atoms with van der Waals surface area (Å²) >= 11 is 5.99. The van der Waals surface area contributed by atoms with Gasteiger partial charge in [-0.25, -0.2) is 13.8 Å². The van der Waals surface area contributed by atoms with Gasteiger partial charge in [0.05, 0.1) is 0 Å². The lowest BCUT2D eigenvalue weighted by atomic mass is 10.1. The molecule has 0 saturated carbocycles. The van der Waals surface area contributed by atoms with Crippen LogP contribution in [0.5, 0.6) is 0 Å². The van der Waals surface area contributed by atoms with Crippen LogP contribution in [0.4, 0.5) is 8.78 Å². The van der Waals surface area contributed by atoms with Crippen molar-refractivity contribution in [1.29, 1.82) is 0 Å². The Morgan fingerprint density at radius 1 is 1.16 bits per heavy atom. The Morgan fingerprint density at radius 2 is 1.84 bits per heavy atom. The lowest BCUT2D eigenvalue weighted by molar-refractivity contribution is 0.0962. The van der Waals surface area contributed by atoms with Crippen molar-refractivity contribution >= 4 is 17.5 Å². The van der Waals surface area contributed by atoms with Crippen molar-refractivity contribution < 1.29 is 13.6 Å². The minimum absolute atomic E-state index is 0.160. The molecule has 3 rings (SSSR count). The zero-order valence-corrected chi connectivity index (χ0v) is 17.5. The third kappa shape index (κ3) is 5.99. The van der Waals surface area contributed by atoms with Crippen LogP contribution < -0.4 is 5.32 Å². The average Bonchev–Trinajstić information content (AvgIpc) is 3.18. The molecule has 158 valence electrons. The maximum absolute atomic E-state index is 13.2. The van der Waals surface area contributed by atoms with Crippen molar-refractivity contribution in [3.63, 3.8) is 0 Å². The van der Waals surface area contributed by atoms with Crippen LogP contribution in [-0.4, -0.2) is 15.5 Å². The summed E-state index contributed by atoms with van der Waals surface area (Å²) in [6.45, 7) is 5.26. The van der Waals surface area contributed by atoms with E-state index in [0.29, 0.717) is 17.3 Å². The standard InChI is InChI=1S/C24H20ClF2N3O/c1-3-19(26)9-4-16(2)28-24(31)22-15-30(21-12-7-18(25)8-13-21)23(29-22)14-17-5-10-20(27)11-6-17/h3-13,15H,2,14H2,1H3,(H,28,31)/b9-4-,19-3+. The number of nitrogens with zero attached hydrogens (tertiary/aromatic N) is 2. The SMILES string of the molecule is C=C(/C=C\C(F)=C/C)NC(=O)c1cn(-c2ccc(Cl)cc2)c(Cc2ccc(F)cc2)n1. The number of benzene rings is 2. The number of hydrogen-bond donors (Lipinski definition) is 1. The van der Waals surface area contributed by atoms with E-state index in [-0.39, 0.29) is 17.2 Å². The van der Waals surface area contributed by atoms with Gasteiger partial charge in [0.1, 0.15) is 23.2 Å². The van der Waals surface area contributed by atoms with E-state index in [2.05, 4.69) is 16.9 Å². The highest BCUT2D eigenvalue weighted by atomic mass is 35.5. The summed E-state index contributed by atoms with van der Waals surface area (Å²) in [6, 6.07) is 13.2. The summed E-state index contributed by atoms with van der Waals surface area (Å²) in [7, 11) is 0. The molecule has 0 aliphatic heterocycles. The first-order valence-electron chi connectivity index (χ1n) is 9.44. The summed E-state index contributed by atoms with van der Waals surface area (Å²) in [6.07, 6.45) is 5.84. The number of hydrogen-bond acceptors (Lipinski definition) is 2. The molecule has 0 bridgehead atoms. The minimum atomic E-state index is -0.483. The van der Waals surface area contributed by atoms with Gasteiger partial charge in [-0.15, -0.1) is 0 Å². The van der Waals surface area contributed by atoms with Crippen LogP contribution in [-0.2, 0) is 6.42 Å². The molecular weight excluding hydrogens is 420 g/mol. The van der Waals surface area contributed by atoms with Gasteiger partial charge in [-0.2, -0.15) is 0 Å². The van der Waals surface area contributed by atoms with Crippen molar-refractivity contribution in [3.05, 3.63) is 119 Å². The molecule has 7 heteroatoms. The highest BCUT2D eigenvalue weighted by Gasteiger charge is 2.16. The number of rotatable bonds is 7. The molecule has 0 aliphatic rings. The summed E-state index contributed by atoms with van der Waals surface area (Å²) in [5.74, 6) is -0.668. The van der Waals surface area contributed by atoms with E-state index in [9.17, 15) is 13.6 Å². The predicted molar refractivity (Wildman–Crippen MR) is 118 cm³/mol. The summed E-state index contributed by atoms with van der Waals surface area (Å²) in [5, 5.41) is 3.17. The van der Waals surface area contributed by atoms with Crippen LogP contribution in [0.1, 0.15) is 28.8 Å². The molecule has 0 unspecified atom stereocenters. The van der Waals surface area contributed by atoms with Crippen LogP contribution in [0.25, 0.3) is 5.69 Å². The van der Waals surface area contributed by atoms with Crippen LogP contribution >= 0.6 is 11.6 Å². The van der Waals surface area contributed by atoms with Crippen molar-refractivity contribution in [2.24, 2.45) is 0 Å².